The summed E-state index contributed by atoms with van der Waals surface area (Å²) in [5.74, 6) is -0.481. The van der Waals surface area contributed by atoms with Gasteiger partial charge in [0, 0.05) is 12.5 Å². The number of benzene rings is 2. The molecule has 3 atom stereocenters. The van der Waals surface area contributed by atoms with Crippen LogP contribution < -0.4 is 14.2 Å². The van der Waals surface area contributed by atoms with Crippen LogP contribution >= 0.6 is 0 Å². The Morgan fingerprint density at radius 1 is 0.951 bits per heavy atom. The van der Waals surface area contributed by atoms with E-state index in [1.807, 2.05) is 49.4 Å². The third kappa shape index (κ3) is 6.48. The molecule has 1 saturated carbocycles. The van der Waals surface area contributed by atoms with Gasteiger partial charge >= 0.3 is 5.97 Å². The molecule has 1 N–H and O–H groups in total. The quantitative estimate of drug-likeness (QED) is 0.333. The van der Waals surface area contributed by atoms with Gasteiger partial charge < -0.3 is 29.0 Å². The molecule has 224 valence electrons. The highest BCUT2D eigenvalue weighted by atomic mass is 16.5. The van der Waals surface area contributed by atoms with E-state index in [0.717, 1.165) is 56.1 Å². The number of nitrogens with zero attached hydrogens (tertiary/aromatic N) is 1. The van der Waals surface area contributed by atoms with Crippen LogP contribution in [-0.4, -0.2) is 61.9 Å². The minimum absolute atomic E-state index is 0.0946. The van der Waals surface area contributed by atoms with Crippen LogP contribution in [0.2, 0.25) is 0 Å². The average molecular weight is 568 g/mol. The Morgan fingerprint density at radius 2 is 1.61 bits per heavy atom. The van der Waals surface area contributed by atoms with Gasteiger partial charge in [0.05, 0.1) is 40.5 Å². The molecule has 1 heterocycles. The van der Waals surface area contributed by atoms with Crippen LogP contribution in [0.15, 0.2) is 42.5 Å². The van der Waals surface area contributed by atoms with Crippen molar-refractivity contribution in [1.82, 2.24) is 4.90 Å². The van der Waals surface area contributed by atoms with Crippen molar-refractivity contribution in [2.75, 3.05) is 34.5 Å². The number of hydrogen-bond acceptors (Lipinski definition) is 6. The molecule has 1 saturated heterocycles. The van der Waals surface area contributed by atoms with Gasteiger partial charge in [-0.3, -0.25) is 4.79 Å². The predicted molar refractivity (Wildman–Crippen MR) is 157 cm³/mol. The summed E-state index contributed by atoms with van der Waals surface area (Å²) in [6.07, 6.45) is 6.98. The lowest BCUT2D eigenvalue weighted by atomic mass is 9.72. The van der Waals surface area contributed by atoms with Gasteiger partial charge in [-0.25, -0.2) is 4.79 Å². The van der Waals surface area contributed by atoms with Crippen molar-refractivity contribution < 1.29 is 33.6 Å². The largest absolute Gasteiger partial charge is 0.493 e. The molecule has 41 heavy (non-hydrogen) atoms. The van der Waals surface area contributed by atoms with E-state index in [0.29, 0.717) is 36.8 Å². The number of amides is 1. The van der Waals surface area contributed by atoms with E-state index >= 15 is 0 Å². The Hall–Kier alpha value is -3.26. The molecular weight excluding hydrogens is 522 g/mol. The van der Waals surface area contributed by atoms with Crippen LogP contribution in [0.1, 0.15) is 75.3 Å². The molecule has 2 aromatic rings. The Morgan fingerprint density at radius 3 is 2.20 bits per heavy atom. The Balaban J connectivity index is 1.70. The molecule has 1 aliphatic carbocycles. The minimum Gasteiger partial charge on any atom is -0.493 e. The van der Waals surface area contributed by atoms with Gasteiger partial charge in [0.25, 0.3) is 0 Å². The first kappa shape index (κ1) is 30.7. The fraction of sp³-hybridized carbons (Fsp3) is 0.576. The summed E-state index contributed by atoms with van der Waals surface area (Å²) in [6.45, 7) is 2.94. The van der Waals surface area contributed by atoms with Crippen LogP contribution in [0.5, 0.6) is 17.2 Å². The lowest BCUT2D eigenvalue weighted by molar-refractivity contribution is -0.171. The van der Waals surface area contributed by atoms with Crippen LogP contribution in [0.3, 0.4) is 0 Å². The number of piperidine rings is 1. The monoisotopic (exact) mass is 567 g/mol. The molecule has 2 aromatic carbocycles. The van der Waals surface area contributed by atoms with E-state index in [4.69, 9.17) is 18.9 Å². The Labute approximate surface area is 243 Å². The molecule has 0 bridgehead atoms. The molecule has 2 aliphatic rings. The number of carbonyl (C=O) groups excluding carboxylic acids is 1. The predicted octanol–water partition coefficient (Wildman–Crippen LogP) is 6.07. The van der Waals surface area contributed by atoms with Gasteiger partial charge in [-0.05, 0) is 61.3 Å². The van der Waals surface area contributed by atoms with E-state index < -0.39 is 23.3 Å². The second-order valence-electron chi connectivity index (χ2n) is 11.4. The number of carboxylic acids is 1. The normalized spacial score (nSPS) is 21.1. The van der Waals surface area contributed by atoms with Crippen molar-refractivity contribution in [1.29, 1.82) is 0 Å². The maximum Gasteiger partial charge on any atom is 0.330 e. The summed E-state index contributed by atoms with van der Waals surface area (Å²) in [6, 6.07) is 13.6. The molecular formula is C33H45NO7. The zero-order chi connectivity index (χ0) is 29.4. The van der Waals surface area contributed by atoms with E-state index in [1.165, 1.54) is 0 Å². The highest BCUT2D eigenvalue weighted by molar-refractivity contribution is 5.91. The summed E-state index contributed by atoms with van der Waals surface area (Å²) in [4.78, 5) is 29.6. The number of likely N-dealkylation sites (tertiary alicyclic amines) is 1. The van der Waals surface area contributed by atoms with Crippen molar-refractivity contribution in [3.63, 3.8) is 0 Å². The molecule has 2 fully saturated rings. The Kier molecular flexibility index (Phi) is 10.5. The summed E-state index contributed by atoms with van der Waals surface area (Å²) in [5, 5.41) is 10.8. The molecule has 8 heteroatoms. The third-order valence-electron chi connectivity index (χ3n) is 9.04. The standard InChI is InChI=1S/C33H45NO7/c1-23(21-41-22-24-13-7-5-8-14-24)33(32(36)37)17-11-12-18-34(33)31(35)29(25-15-9-6-10-16-25)26-19-27(38-2)30(40-4)28(20-26)39-3/h5,7-8,13-14,19-20,23,25,29H,6,9-12,15-18,21-22H2,1-4H3,(H,36,37)/t23-,29-,33+/m0/s1. The van der Waals surface area contributed by atoms with Crippen molar-refractivity contribution in [2.45, 2.75) is 76.4 Å². The zero-order valence-corrected chi connectivity index (χ0v) is 24.9. The number of carbonyl (C=O) groups is 2. The third-order valence-corrected chi connectivity index (χ3v) is 9.04. The number of aliphatic carboxylic acids is 1. The van der Waals surface area contributed by atoms with Gasteiger partial charge in [-0.2, -0.15) is 0 Å². The molecule has 0 unspecified atom stereocenters. The molecule has 1 aliphatic heterocycles. The summed E-state index contributed by atoms with van der Waals surface area (Å²) >= 11 is 0. The summed E-state index contributed by atoms with van der Waals surface area (Å²) in [7, 11) is 4.69. The van der Waals surface area contributed by atoms with Gasteiger partial charge in [-0.1, -0.05) is 56.5 Å². The van der Waals surface area contributed by atoms with Crippen LogP contribution in [0, 0.1) is 11.8 Å². The lowest BCUT2D eigenvalue weighted by Gasteiger charge is -2.49. The molecule has 0 spiro atoms. The van der Waals surface area contributed by atoms with E-state index in [1.54, 1.807) is 26.2 Å². The first-order chi connectivity index (χ1) is 19.9. The molecule has 0 radical (unpaired) electrons. The molecule has 8 nitrogen and oxygen atoms in total. The van der Waals surface area contributed by atoms with E-state index in [9.17, 15) is 14.7 Å². The average Bonchev–Trinajstić information content (AvgIpc) is 3.01. The van der Waals surface area contributed by atoms with Crippen LogP contribution in [0.4, 0.5) is 0 Å². The van der Waals surface area contributed by atoms with Gasteiger partial charge in [0.2, 0.25) is 11.7 Å². The molecule has 0 aromatic heterocycles. The number of carboxylic acid groups (broad SMARTS) is 1. The number of hydrogen-bond donors (Lipinski definition) is 1. The highest BCUT2D eigenvalue weighted by Crippen LogP contribution is 2.46. The number of rotatable bonds is 12. The van der Waals surface area contributed by atoms with Crippen molar-refractivity contribution in [3.05, 3.63) is 53.6 Å². The first-order valence-electron chi connectivity index (χ1n) is 14.8. The van der Waals surface area contributed by atoms with E-state index in [2.05, 4.69) is 0 Å². The minimum atomic E-state index is -1.35. The fourth-order valence-corrected chi connectivity index (χ4v) is 6.85. The maximum absolute atomic E-state index is 14.8. The lowest BCUT2D eigenvalue weighted by Crippen LogP contribution is -2.64. The first-order valence-corrected chi connectivity index (χ1v) is 14.8. The van der Waals surface area contributed by atoms with Crippen molar-refractivity contribution in [3.8, 4) is 17.2 Å². The van der Waals surface area contributed by atoms with Gasteiger partial charge in [-0.15, -0.1) is 0 Å². The van der Waals surface area contributed by atoms with Crippen LogP contribution in [0.25, 0.3) is 0 Å². The molecule has 4 rings (SSSR count). The fourth-order valence-electron chi connectivity index (χ4n) is 6.85. The summed E-state index contributed by atoms with van der Waals surface area (Å²) < 4.78 is 22.9. The molecule has 1 amide bonds. The van der Waals surface area contributed by atoms with Crippen molar-refractivity contribution >= 4 is 11.9 Å². The smallest absolute Gasteiger partial charge is 0.330 e. The van der Waals surface area contributed by atoms with E-state index in [-0.39, 0.29) is 18.4 Å². The second kappa shape index (κ2) is 14.1. The highest BCUT2D eigenvalue weighted by Gasteiger charge is 2.53. The zero-order valence-electron chi connectivity index (χ0n) is 24.9. The topological polar surface area (TPSA) is 94.5 Å². The Bertz CT molecular complexity index is 1140. The summed E-state index contributed by atoms with van der Waals surface area (Å²) in [5.41, 5.74) is 0.453. The second-order valence-corrected chi connectivity index (χ2v) is 11.4. The number of ether oxygens (including phenoxy) is 4. The SMILES string of the molecule is COc1cc([C@@H](C(=O)N2CCCC[C@]2(C(=O)O)[C@@H](C)COCc2ccccc2)C2CCCCC2)cc(OC)c1OC. The number of methoxy groups -OCH3 is 3. The van der Waals surface area contributed by atoms with Crippen LogP contribution in [-0.2, 0) is 20.9 Å². The van der Waals surface area contributed by atoms with Gasteiger partial charge in [0.1, 0.15) is 5.54 Å². The van der Waals surface area contributed by atoms with Gasteiger partial charge in [0.15, 0.2) is 11.5 Å². The van der Waals surface area contributed by atoms with Crippen molar-refractivity contribution in [2.24, 2.45) is 11.8 Å². The maximum atomic E-state index is 14.8.